The van der Waals surface area contributed by atoms with Crippen LogP contribution >= 0.6 is 7.82 Å². The Morgan fingerprint density at radius 3 is 1.58 bits per heavy atom. The van der Waals surface area contributed by atoms with E-state index in [1.807, 2.05) is 0 Å². The largest absolute Gasteiger partial charge is 0.472 e. The Morgan fingerprint density at radius 1 is 0.585 bits per heavy atom. The zero-order valence-corrected chi connectivity index (χ0v) is 32.9. The number of phosphoric ester groups is 1. The number of unbranched alkanes of at least 4 members (excludes halogenated alkanes) is 13. The minimum Gasteiger partial charge on any atom is -0.462 e. The summed E-state index contributed by atoms with van der Waals surface area (Å²) in [6.07, 6.45) is 18.0. The molecule has 1 rings (SSSR count). The second kappa shape index (κ2) is 30.3. The number of carbonyl (C=O) groups is 2. The first-order valence-electron chi connectivity index (χ1n) is 19.8. The number of rotatable bonds is 31. The van der Waals surface area contributed by atoms with E-state index in [1.165, 1.54) is 51.4 Å². The Bertz CT molecular complexity index is 1080. The lowest BCUT2D eigenvalue weighted by Gasteiger charge is -2.41. The Kier molecular flexibility index (Phi) is 28.1. The van der Waals surface area contributed by atoms with Gasteiger partial charge in [-0.1, -0.05) is 115 Å². The molecule has 0 aromatic heterocycles. The van der Waals surface area contributed by atoms with E-state index in [1.54, 1.807) is 0 Å². The third-order valence-corrected chi connectivity index (χ3v) is 9.97. The highest BCUT2D eigenvalue weighted by Gasteiger charge is 2.51. The molecular formula is C39H69O13P. The molecule has 0 spiro atoms. The molecule has 53 heavy (non-hydrogen) atoms. The van der Waals surface area contributed by atoms with Crippen molar-refractivity contribution in [3.63, 3.8) is 0 Å². The summed E-state index contributed by atoms with van der Waals surface area (Å²) >= 11 is 0. The van der Waals surface area contributed by atoms with E-state index in [-0.39, 0.29) is 12.8 Å². The molecule has 6 unspecified atom stereocenters. The lowest BCUT2D eigenvalue weighted by molar-refractivity contribution is -0.220. The van der Waals surface area contributed by atoms with Crippen molar-refractivity contribution in [2.45, 2.75) is 185 Å². The minimum atomic E-state index is -5.12. The molecule has 0 amide bonds. The molecule has 8 atom stereocenters. The van der Waals surface area contributed by atoms with Gasteiger partial charge in [0.1, 0.15) is 43.2 Å². The van der Waals surface area contributed by atoms with Crippen LogP contribution in [0.4, 0.5) is 0 Å². The van der Waals surface area contributed by atoms with Crippen LogP contribution < -0.4 is 0 Å². The highest BCUT2D eigenvalue weighted by molar-refractivity contribution is 7.47. The van der Waals surface area contributed by atoms with Crippen molar-refractivity contribution in [2.75, 3.05) is 13.2 Å². The van der Waals surface area contributed by atoms with Crippen LogP contribution in [0.25, 0.3) is 0 Å². The van der Waals surface area contributed by atoms with Gasteiger partial charge in [0.2, 0.25) is 0 Å². The summed E-state index contributed by atoms with van der Waals surface area (Å²) in [6, 6.07) is 0. The second-order valence-electron chi connectivity index (χ2n) is 13.8. The maximum Gasteiger partial charge on any atom is 0.472 e. The summed E-state index contributed by atoms with van der Waals surface area (Å²) in [7, 11) is -5.12. The quantitative estimate of drug-likeness (QED) is 0.0199. The van der Waals surface area contributed by atoms with Gasteiger partial charge in [-0.05, 0) is 51.4 Å². The highest BCUT2D eigenvalue weighted by Crippen LogP contribution is 2.47. The highest BCUT2D eigenvalue weighted by atomic mass is 31.2. The normalized spacial score (nSPS) is 23.8. The van der Waals surface area contributed by atoms with Crippen LogP contribution in [0.3, 0.4) is 0 Å². The second-order valence-corrected chi connectivity index (χ2v) is 15.2. The Hall–Kier alpha value is -1.93. The fourth-order valence-electron chi connectivity index (χ4n) is 5.70. The van der Waals surface area contributed by atoms with Crippen molar-refractivity contribution in [3.8, 4) is 0 Å². The molecule has 0 aromatic carbocycles. The van der Waals surface area contributed by atoms with Crippen molar-refractivity contribution >= 4 is 19.8 Å². The zero-order chi connectivity index (χ0) is 39.3. The molecule has 1 saturated carbocycles. The molecule has 0 aliphatic heterocycles. The molecule has 0 radical (unpaired) electrons. The molecule has 0 saturated heterocycles. The van der Waals surface area contributed by atoms with Gasteiger partial charge in [-0.3, -0.25) is 18.6 Å². The van der Waals surface area contributed by atoms with Gasteiger partial charge in [0, 0.05) is 12.8 Å². The van der Waals surface area contributed by atoms with E-state index >= 15 is 0 Å². The molecule has 0 aromatic rings. The summed E-state index contributed by atoms with van der Waals surface area (Å²) in [5.74, 6) is -1.15. The van der Waals surface area contributed by atoms with Gasteiger partial charge >= 0.3 is 19.8 Å². The molecule has 1 aliphatic rings. The first-order valence-corrected chi connectivity index (χ1v) is 21.3. The minimum absolute atomic E-state index is 0.0487. The number of aliphatic hydroxyl groups excluding tert-OH is 5. The number of hydrogen-bond donors (Lipinski definition) is 6. The maximum atomic E-state index is 12.7. The van der Waals surface area contributed by atoms with E-state index < -0.39 is 75.7 Å². The number of hydrogen-bond acceptors (Lipinski definition) is 12. The number of allylic oxidation sites excluding steroid dienone is 6. The summed E-state index contributed by atoms with van der Waals surface area (Å²) < 4.78 is 33.3. The molecule has 1 fully saturated rings. The van der Waals surface area contributed by atoms with E-state index in [2.05, 4.69) is 50.3 Å². The molecule has 13 nitrogen and oxygen atoms in total. The van der Waals surface area contributed by atoms with Crippen LogP contribution in [0.15, 0.2) is 36.5 Å². The Morgan fingerprint density at radius 2 is 1.02 bits per heavy atom. The van der Waals surface area contributed by atoms with Crippen LogP contribution in [-0.2, 0) is 32.7 Å². The van der Waals surface area contributed by atoms with Gasteiger partial charge in [-0.15, -0.1) is 0 Å². The average molecular weight is 777 g/mol. The topological polar surface area (TPSA) is 210 Å². The van der Waals surface area contributed by atoms with Crippen LogP contribution in [-0.4, -0.2) is 98.3 Å². The van der Waals surface area contributed by atoms with Gasteiger partial charge < -0.3 is 39.9 Å². The third kappa shape index (κ3) is 23.6. The number of phosphoric acid groups is 1. The van der Waals surface area contributed by atoms with Crippen molar-refractivity contribution in [3.05, 3.63) is 36.5 Å². The molecule has 6 N–H and O–H groups in total. The molecule has 0 heterocycles. The smallest absolute Gasteiger partial charge is 0.462 e. The van der Waals surface area contributed by atoms with Crippen LogP contribution in [0.5, 0.6) is 0 Å². The van der Waals surface area contributed by atoms with E-state index in [4.69, 9.17) is 18.5 Å². The van der Waals surface area contributed by atoms with Crippen molar-refractivity contribution in [1.29, 1.82) is 0 Å². The van der Waals surface area contributed by atoms with Gasteiger partial charge in [-0.2, -0.15) is 0 Å². The number of esters is 2. The first-order chi connectivity index (χ1) is 25.4. The third-order valence-electron chi connectivity index (χ3n) is 8.98. The van der Waals surface area contributed by atoms with Gasteiger partial charge in [0.15, 0.2) is 6.10 Å². The predicted octanol–water partition coefficient (Wildman–Crippen LogP) is 6.27. The maximum absolute atomic E-state index is 12.7. The summed E-state index contributed by atoms with van der Waals surface area (Å²) in [6.45, 7) is 3.17. The van der Waals surface area contributed by atoms with Gasteiger partial charge in [0.25, 0.3) is 0 Å². The fraction of sp³-hybridized carbons (Fsp3) is 0.795. The monoisotopic (exact) mass is 776 g/mol. The van der Waals surface area contributed by atoms with Crippen molar-refractivity contribution < 1.29 is 63.1 Å². The van der Waals surface area contributed by atoms with Gasteiger partial charge in [0.05, 0.1) is 6.61 Å². The Balaban J connectivity index is 2.57. The SMILES string of the molecule is CCCCC/C=C\C/C=C\C/C=C\CCCCC(=O)O[C@H](COC(=O)CCCCCCCCCCC)COP(=O)(O)OC1C(O)C(O)C(O)[C@@H](O)C1O. The van der Waals surface area contributed by atoms with Crippen molar-refractivity contribution in [1.82, 2.24) is 0 Å². The van der Waals surface area contributed by atoms with Crippen LogP contribution in [0.2, 0.25) is 0 Å². The van der Waals surface area contributed by atoms with E-state index in [0.717, 1.165) is 51.4 Å². The molecule has 14 heteroatoms. The van der Waals surface area contributed by atoms with Crippen molar-refractivity contribution in [2.24, 2.45) is 0 Å². The molecular weight excluding hydrogens is 707 g/mol. The zero-order valence-electron chi connectivity index (χ0n) is 32.1. The first kappa shape index (κ1) is 49.1. The summed E-state index contributed by atoms with van der Waals surface area (Å²) in [5, 5.41) is 49.9. The van der Waals surface area contributed by atoms with Crippen LogP contribution in [0, 0.1) is 0 Å². The predicted molar refractivity (Wildman–Crippen MR) is 203 cm³/mol. The van der Waals surface area contributed by atoms with E-state index in [0.29, 0.717) is 12.8 Å². The Labute approximate surface area is 317 Å². The molecule has 1 aliphatic carbocycles. The standard InChI is InChI=1S/C39H69O13P/c1-3-5-7-9-11-13-14-15-16-17-18-20-22-24-26-28-33(41)51-31(29-49-32(40)27-25-23-21-19-12-10-8-6-4-2)30-50-53(47,48)52-39-37(45)35(43)34(42)36(44)38(39)46/h11,13,15-16,18,20,31,34-39,42-46H,3-10,12,14,17,19,21-30H2,1-2H3,(H,47,48)/b13-11-,16-15-,20-18-/t31-,34?,35-,36?,37?,38?,39?/m1/s1. The summed E-state index contributed by atoms with van der Waals surface area (Å²) in [5.41, 5.74) is 0. The number of ether oxygens (including phenoxy) is 2. The number of aliphatic hydroxyl groups is 5. The molecule has 0 bridgehead atoms. The lowest BCUT2D eigenvalue weighted by atomic mass is 9.85. The molecule has 308 valence electrons. The van der Waals surface area contributed by atoms with E-state index in [9.17, 15) is 44.6 Å². The lowest BCUT2D eigenvalue weighted by Crippen LogP contribution is -2.64. The number of carbonyl (C=O) groups excluding carboxylic acids is 2. The average Bonchev–Trinajstić information content (AvgIpc) is 3.13. The van der Waals surface area contributed by atoms with Crippen LogP contribution in [0.1, 0.15) is 142 Å². The van der Waals surface area contributed by atoms with Gasteiger partial charge in [-0.25, -0.2) is 4.57 Å². The summed E-state index contributed by atoms with van der Waals surface area (Å²) in [4.78, 5) is 35.4. The fourth-order valence-corrected chi connectivity index (χ4v) is 6.68.